The summed E-state index contributed by atoms with van der Waals surface area (Å²) in [5.41, 5.74) is 10.7. The number of aryl methyl sites for hydroxylation is 1. The second-order valence-corrected chi connectivity index (χ2v) is 5.36. The van der Waals surface area contributed by atoms with E-state index < -0.39 is 0 Å². The first-order valence-electron chi connectivity index (χ1n) is 7.27. The molecule has 2 aromatic rings. The molecule has 3 heteroatoms. The fourth-order valence-corrected chi connectivity index (χ4v) is 2.49. The average molecular weight is 284 g/mol. The van der Waals surface area contributed by atoms with Crippen LogP contribution >= 0.6 is 0 Å². The highest BCUT2D eigenvalue weighted by Crippen LogP contribution is 2.21. The summed E-state index contributed by atoms with van der Waals surface area (Å²) in [5, 5.41) is 0. The highest BCUT2D eigenvalue weighted by Gasteiger charge is 2.05. The summed E-state index contributed by atoms with van der Waals surface area (Å²) in [4.78, 5) is 2.24. The van der Waals surface area contributed by atoms with Gasteiger partial charge in [0.1, 0.15) is 5.75 Å². The summed E-state index contributed by atoms with van der Waals surface area (Å²) in [6.07, 6.45) is 0.936. The molecule has 0 aliphatic heterocycles. The van der Waals surface area contributed by atoms with Crippen LogP contribution in [0.3, 0.4) is 0 Å². The summed E-state index contributed by atoms with van der Waals surface area (Å²) in [6.45, 7) is 3.70. The van der Waals surface area contributed by atoms with Gasteiger partial charge < -0.3 is 15.4 Å². The van der Waals surface area contributed by atoms with Gasteiger partial charge in [-0.1, -0.05) is 18.2 Å². The molecule has 0 radical (unpaired) electrons. The standard InChI is InChI=1S/C18H24N2O/c1-14-11-17(8-7-16(14)9-10-19)20(2)13-15-5-4-6-18(12-15)21-3/h4-8,11-12H,9-10,13,19H2,1-3H3. The van der Waals surface area contributed by atoms with Crippen molar-refractivity contribution in [2.75, 3.05) is 25.6 Å². The molecule has 2 N–H and O–H groups in total. The van der Waals surface area contributed by atoms with Gasteiger partial charge in [0.15, 0.2) is 0 Å². The van der Waals surface area contributed by atoms with E-state index in [1.54, 1.807) is 7.11 Å². The molecule has 0 unspecified atom stereocenters. The highest BCUT2D eigenvalue weighted by molar-refractivity contribution is 5.51. The van der Waals surface area contributed by atoms with Crippen molar-refractivity contribution in [3.63, 3.8) is 0 Å². The largest absolute Gasteiger partial charge is 0.497 e. The van der Waals surface area contributed by atoms with Crippen molar-refractivity contribution >= 4 is 5.69 Å². The molecular formula is C18H24N2O. The molecule has 0 saturated carbocycles. The van der Waals surface area contributed by atoms with E-state index in [1.165, 1.54) is 22.4 Å². The number of rotatable bonds is 6. The number of methoxy groups -OCH3 is 1. The lowest BCUT2D eigenvalue weighted by molar-refractivity contribution is 0.414. The Bertz CT molecular complexity index is 596. The molecule has 0 spiro atoms. The number of anilines is 1. The normalized spacial score (nSPS) is 10.5. The topological polar surface area (TPSA) is 38.5 Å². The summed E-state index contributed by atoms with van der Waals surface area (Å²) in [6, 6.07) is 14.8. The zero-order chi connectivity index (χ0) is 15.2. The second-order valence-electron chi connectivity index (χ2n) is 5.36. The molecule has 0 aliphatic rings. The van der Waals surface area contributed by atoms with E-state index in [2.05, 4.69) is 49.2 Å². The van der Waals surface area contributed by atoms with E-state index in [0.29, 0.717) is 6.54 Å². The quantitative estimate of drug-likeness (QED) is 0.885. The zero-order valence-corrected chi connectivity index (χ0v) is 13.1. The summed E-state index contributed by atoms with van der Waals surface area (Å²) >= 11 is 0. The number of benzene rings is 2. The van der Waals surface area contributed by atoms with Crippen LogP contribution in [0.4, 0.5) is 5.69 Å². The summed E-state index contributed by atoms with van der Waals surface area (Å²) in [7, 11) is 3.80. The SMILES string of the molecule is COc1cccc(CN(C)c2ccc(CCN)c(C)c2)c1. The van der Waals surface area contributed by atoms with Crippen LogP contribution in [0.25, 0.3) is 0 Å². The lowest BCUT2D eigenvalue weighted by atomic mass is 10.0. The monoisotopic (exact) mass is 284 g/mol. The van der Waals surface area contributed by atoms with Crippen LogP contribution in [0.1, 0.15) is 16.7 Å². The molecule has 0 heterocycles. The predicted molar refractivity (Wildman–Crippen MR) is 89.0 cm³/mol. The average Bonchev–Trinajstić information content (AvgIpc) is 2.49. The van der Waals surface area contributed by atoms with E-state index in [0.717, 1.165) is 18.7 Å². The van der Waals surface area contributed by atoms with Crippen molar-refractivity contribution in [2.45, 2.75) is 19.9 Å². The first-order valence-corrected chi connectivity index (χ1v) is 7.27. The molecule has 0 amide bonds. The van der Waals surface area contributed by atoms with Gasteiger partial charge in [0.2, 0.25) is 0 Å². The van der Waals surface area contributed by atoms with Crippen molar-refractivity contribution in [2.24, 2.45) is 5.73 Å². The minimum absolute atomic E-state index is 0.694. The maximum absolute atomic E-state index is 5.63. The van der Waals surface area contributed by atoms with Gasteiger partial charge in [0.25, 0.3) is 0 Å². The second kappa shape index (κ2) is 7.14. The van der Waals surface area contributed by atoms with Gasteiger partial charge in [-0.2, -0.15) is 0 Å². The van der Waals surface area contributed by atoms with E-state index >= 15 is 0 Å². The Hall–Kier alpha value is -2.00. The van der Waals surface area contributed by atoms with Gasteiger partial charge in [-0.15, -0.1) is 0 Å². The Balaban J connectivity index is 2.12. The smallest absolute Gasteiger partial charge is 0.119 e. The fraction of sp³-hybridized carbons (Fsp3) is 0.333. The van der Waals surface area contributed by atoms with Crippen LogP contribution in [0.5, 0.6) is 5.75 Å². The molecular weight excluding hydrogens is 260 g/mol. The van der Waals surface area contributed by atoms with Crippen LogP contribution in [0.2, 0.25) is 0 Å². The number of nitrogens with zero attached hydrogens (tertiary/aromatic N) is 1. The van der Waals surface area contributed by atoms with E-state index in [1.807, 2.05) is 12.1 Å². The molecule has 21 heavy (non-hydrogen) atoms. The minimum Gasteiger partial charge on any atom is -0.497 e. The number of ether oxygens (including phenoxy) is 1. The van der Waals surface area contributed by atoms with Crippen molar-refractivity contribution in [1.29, 1.82) is 0 Å². The Morgan fingerprint density at radius 1 is 1.14 bits per heavy atom. The Kier molecular flexibility index (Phi) is 5.23. The molecule has 0 fully saturated rings. The molecule has 0 saturated heterocycles. The lowest BCUT2D eigenvalue weighted by Crippen LogP contribution is -2.16. The van der Waals surface area contributed by atoms with Crippen LogP contribution in [-0.4, -0.2) is 20.7 Å². The summed E-state index contributed by atoms with van der Waals surface area (Å²) < 4.78 is 5.27. The van der Waals surface area contributed by atoms with Gasteiger partial charge >= 0.3 is 0 Å². The molecule has 0 aromatic heterocycles. The van der Waals surface area contributed by atoms with E-state index in [4.69, 9.17) is 10.5 Å². The third-order valence-corrected chi connectivity index (χ3v) is 3.73. The molecule has 0 aliphatic carbocycles. The fourth-order valence-electron chi connectivity index (χ4n) is 2.49. The van der Waals surface area contributed by atoms with E-state index in [-0.39, 0.29) is 0 Å². The lowest BCUT2D eigenvalue weighted by Gasteiger charge is -2.21. The van der Waals surface area contributed by atoms with Crippen molar-refractivity contribution in [3.8, 4) is 5.75 Å². The molecule has 2 aromatic carbocycles. The number of hydrogen-bond donors (Lipinski definition) is 1. The van der Waals surface area contributed by atoms with Crippen LogP contribution in [0.15, 0.2) is 42.5 Å². The maximum Gasteiger partial charge on any atom is 0.119 e. The van der Waals surface area contributed by atoms with E-state index in [9.17, 15) is 0 Å². The van der Waals surface area contributed by atoms with Crippen molar-refractivity contribution < 1.29 is 4.74 Å². The number of nitrogens with two attached hydrogens (primary N) is 1. The minimum atomic E-state index is 0.694. The summed E-state index contributed by atoms with van der Waals surface area (Å²) in [5.74, 6) is 0.898. The third kappa shape index (κ3) is 3.99. The molecule has 112 valence electrons. The molecule has 0 bridgehead atoms. The van der Waals surface area contributed by atoms with Crippen LogP contribution in [0, 0.1) is 6.92 Å². The predicted octanol–water partition coefficient (Wildman–Crippen LogP) is 3.14. The Labute approximate surface area is 127 Å². The van der Waals surface area contributed by atoms with Gasteiger partial charge in [-0.25, -0.2) is 0 Å². The van der Waals surface area contributed by atoms with Gasteiger partial charge in [-0.3, -0.25) is 0 Å². The molecule has 3 nitrogen and oxygen atoms in total. The number of hydrogen-bond acceptors (Lipinski definition) is 3. The van der Waals surface area contributed by atoms with Crippen LogP contribution in [-0.2, 0) is 13.0 Å². The first kappa shape index (κ1) is 15.4. The first-order chi connectivity index (χ1) is 10.1. The third-order valence-electron chi connectivity index (χ3n) is 3.73. The van der Waals surface area contributed by atoms with Gasteiger partial charge in [0, 0.05) is 19.3 Å². The van der Waals surface area contributed by atoms with Gasteiger partial charge in [0.05, 0.1) is 7.11 Å². The highest BCUT2D eigenvalue weighted by atomic mass is 16.5. The molecule has 2 rings (SSSR count). The Morgan fingerprint density at radius 3 is 2.62 bits per heavy atom. The molecule has 0 atom stereocenters. The van der Waals surface area contributed by atoms with Crippen molar-refractivity contribution in [1.82, 2.24) is 0 Å². The van der Waals surface area contributed by atoms with Gasteiger partial charge in [-0.05, 0) is 60.8 Å². The maximum atomic E-state index is 5.63. The van der Waals surface area contributed by atoms with Crippen LogP contribution < -0.4 is 15.4 Å². The zero-order valence-electron chi connectivity index (χ0n) is 13.1. The van der Waals surface area contributed by atoms with Crippen molar-refractivity contribution in [3.05, 3.63) is 59.2 Å². The Morgan fingerprint density at radius 2 is 1.95 bits per heavy atom.